The van der Waals surface area contributed by atoms with E-state index in [1.165, 1.54) is 0 Å². The first-order valence-corrected chi connectivity index (χ1v) is 6.16. The van der Waals surface area contributed by atoms with E-state index in [9.17, 15) is 10.2 Å². The van der Waals surface area contributed by atoms with E-state index in [1.54, 1.807) is 6.92 Å². The van der Waals surface area contributed by atoms with E-state index < -0.39 is 12.2 Å². The van der Waals surface area contributed by atoms with E-state index in [2.05, 4.69) is 0 Å². The van der Waals surface area contributed by atoms with E-state index in [4.69, 9.17) is 0 Å². The van der Waals surface area contributed by atoms with E-state index >= 15 is 0 Å². The molecule has 0 aliphatic rings. The number of rotatable bonds is 4. The van der Waals surface area contributed by atoms with Crippen LogP contribution in [0, 0.1) is 0 Å². The van der Waals surface area contributed by atoms with Crippen LogP contribution in [0.25, 0.3) is 0 Å². The lowest BCUT2D eigenvalue weighted by Crippen LogP contribution is -2.22. The molecule has 0 fully saturated rings. The van der Waals surface area contributed by atoms with Gasteiger partial charge in [0.1, 0.15) is 0 Å². The van der Waals surface area contributed by atoms with Crippen molar-refractivity contribution >= 4 is 0 Å². The Balaban J connectivity index is 2.32. The minimum atomic E-state index is -0.700. The number of hydrogen-bond acceptors (Lipinski definition) is 2. The van der Waals surface area contributed by atoms with Crippen LogP contribution in [0.1, 0.15) is 30.1 Å². The molecule has 0 aliphatic carbocycles. The molecule has 0 saturated heterocycles. The molecular weight excluding hydrogens is 224 g/mol. The predicted molar refractivity (Wildman–Crippen MR) is 72.3 cm³/mol. The zero-order chi connectivity index (χ0) is 13.0. The average molecular weight is 242 g/mol. The van der Waals surface area contributed by atoms with E-state index in [0.717, 1.165) is 11.1 Å². The SMILES string of the molecule is CC(O)[C@H](c1ccccc1)[C@H](O)c1ccccc1. The van der Waals surface area contributed by atoms with Crippen LogP contribution in [0.5, 0.6) is 0 Å². The van der Waals surface area contributed by atoms with Gasteiger partial charge in [-0.2, -0.15) is 0 Å². The Morgan fingerprint density at radius 1 is 0.722 bits per heavy atom. The monoisotopic (exact) mass is 242 g/mol. The first-order chi connectivity index (χ1) is 8.70. The highest BCUT2D eigenvalue weighted by atomic mass is 16.3. The lowest BCUT2D eigenvalue weighted by Gasteiger charge is -2.26. The maximum Gasteiger partial charge on any atom is 0.0883 e. The molecule has 2 nitrogen and oxygen atoms in total. The summed E-state index contributed by atoms with van der Waals surface area (Å²) in [6.45, 7) is 1.71. The normalized spacial score (nSPS) is 15.9. The van der Waals surface area contributed by atoms with Crippen molar-refractivity contribution in [3.63, 3.8) is 0 Å². The van der Waals surface area contributed by atoms with E-state index in [1.807, 2.05) is 60.7 Å². The maximum atomic E-state index is 10.4. The Morgan fingerprint density at radius 3 is 1.61 bits per heavy atom. The van der Waals surface area contributed by atoms with E-state index in [-0.39, 0.29) is 5.92 Å². The summed E-state index contributed by atoms with van der Waals surface area (Å²) >= 11 is 0. The third-order valence-corrected chi connectivity index (χ3v) is 3.19. The average Bonchev–Trinajstić information content (AvgIpc) is 2.40. The smallest absolute Gasteiger partial charge is 0.0883 e. The Hall–Kier alpha value is -1.64. The summed E-state index contributed by atoms with van der Waals surface area (Å²) in [6.07, 6.45) is -1.31. The molecule has 18 heavy (non-hydrogen) atoms. The molecule has 0 bridgehead atoms. The Morgan fingerprint density at radius 2 is 1.17 bits per heavy atom. The highest BCUT2D eigenvalue weighted by Gasteiger charge is 2.26. The maximum absolute atomic E-state index is 10.4. The van der Waals surface area contributed by atoms with Gasteiger partial charge in [0.05, 0.1) is 12.2 Å². The van der Waals surface area contributed by atoms with Gasteiger partial charge < -0.3 is 10.2 Å². The van der Waals surface area contributed by atoms with Crippen LogP contribution < -0.4 is 0 Å². The molecule has 3 atom stereocenters. The van der Waals surface area contributed by atoms with Gasteiger partial charge in [0.25, 0.3) is 0 Å². The molecule has 2 heteroatoms. The summed E-state index contributed by atoms with van der Waals surface area (Å²) in [5.74, 6) is -0.311. The molecule has 0 radical (unpaired) electrons. The van der Waals surface area contributed by atoms with Crippen LogP contribution in [0.3, 0.4) is 0 Å². The van der Waals surface area contributed by atoms with Crippen LogP contribution in [-0.4, -0.2) is 16.3 Å². The van der Waals surface area contributed by atoms with Crippen molar-refractivity contribution in [2.45, 2.75) is 25.0 Å². The van der Waals surface area contributed by atoms with Crippen molar-refractivity contribution in [2.75, 3.05) is 0 Å². The number of aliphatic hydroxyl groups is 2. The van der Waals surface area contributed by atoms with Gasteiger partial charge >= 0.3 is 0 Å². The van der Waals surface area contributed by atoms with Gasteiger partial charge in [0, 0.05) is 5.92 Å². The highest BCUT2D eigenvalue weighted by molar-refractivity contribution is 5.27. The van der Waals surface area contributed by atoms with Crippen molar-refractivity contribution in [1.82, 2.24) is 0 Å². The van der Waals surface area contributed by atoms with Crippen LogP contribution in [-0.2, 0) is 0 Å². The summed E-state index contributed by atoms with van der Waals surface area (Å²) in [5.41, 5.74) is 1.77. The minimum Gasteiger partial charge on any atom is -0.393 e. The van der Waals surface area contributed by atoms with Crippen LogP contribution in [0.4, 0.5) is 0 Å². The molecule has 2 aromatic carbocycles. The first kappa shape index (κ1) is 12.8. The molecule has 0 amide bonds. The van der Waals surface area contributed by atoms with E-state index in [0.29, 0.717) is 0 Å². The van der Waals surface area contributed by atoms with Gasteiger partial charge in [-0.25, -0.2) is 0 Å². The second-order valence-corrected chi connectivity index (χ2v) is 4.53. The predicted octanol–water partition coefficient (Wildman–Crippen LogP) is 2.88. The lowest BCUT2D eigenvalue weighted by molar-refractivity contribution is 0.0619. The van der Waals surface area contributed by atoms with Gasteiger partial charge in [-0.3, -0.25) is 0 Å². The Bertz CT molecular complexity index is 465. The fraction of sp³-hybridized carbons (Fsp3) is 0.250. The zero-order valence-corrected chi connectivity index (χ0v) is 10.4. The van der Waals surface area contributed by atoms with Gasteiger partial charge in [-0.05, 0) is 18.1 Å². The van der Waals surface area contributed by atoms with Crippen molar-refractivity contribution in [1.29, 1.82) is 0 Å². The largest absolute Gasteiger partial charge is 0.393 e. The topological polar surface area (TPSA) is 40.5 Å². The van der Waals surface area contributed by atoms with Gasteiger partial charge in [-0.1, -0.05) is 60.7 Å². The number of benzene rings is 2. The van der Waals surface area contributed by atoms with Crippen LogP contribution >= 0.6 is 0 Å². The second kappa shape index (κ2) is 5.80. The Labute approximate surface area is 108 Å². The summed E-state index contributed by atoms with van der Waals surface area (Å²) in [7, 11) is 0. The third-order valence-electron chi connectivity index (χ3n) is 3.19. The molecular formula is C16H18O2. The molecule has 1 unspecified atom stereocenters. The summed E-state index contributed by atoms with van der Waals surface area (Å²) in [5, 5.41) is 20.4. The van der Waals surface area contributed by atoms with Gasteiger partial charge in [-0.15, -0.1) is 0 Å². The van der Waals surface area contributed by atoms with Crippen LogP contribution in [0.2, 0.25) is 0 Å². The van der Waals surface area contributed by atoms with Crippen molar-refractivity contribution < 1.29 is 10.2 Å². The molecule has 0 aliphatic heterocycles. The van der Waals surface area contributed by atoms with Crippen LogP contribution in [0.15, 0.2) is 60.7 Å². The molecule has 2 rings (SSSR count). The quantitative estimate of drug-likeness (QED) is 0.865. The highest BCUT2D eigenvalue weighted by Crippen LogP contribution is 2.33. The second-order valence-electron chi connectivity index (χ2n) is 4.53. The molecule has 2 aromatic rings. The number of hydrogen-bond donors (Lipinski definition) is 2. The Kier molecular flexibility index (Phi) is 4.13. The molecule has 2 N–H and O–H groups in total. The molecule has 0 aromatic heterocycles. The lowest BCUT2D eigenvalue weighted by atomic mass is 9.85. The fourth-order valence-corrected chi connectivity index (χ4v) is 2.26. The van der Waals surface area contributed by atoms with Gasteiger partial charge in [0.2, 0.25) is 0 Å². The third kappa shape index (κ3) is 2.78. The molecule has 94 valence electrons. The molecule has 0 spiro atoms. The first-order valence-electron chi connectivity index (χ1n) is 6.16. The summed E-state index contributed by atoms with van der Waals surface area (Å²) < 4.78 is 0. The van der Waals surface area contributed by atoms with Crippen molar-refractivity contribution in [3.8, 4) is 0 Å². The van der Waals surface area contributed by atoms with Gasteiger partial charge in [0.15, 0.2) is 0 Å². The standard InChI is InChI=1S/C16H18O2/c1-12(17)15(13-8-4-2-5-9-13)16(18)14-10-6-3-7-11-14/h2-12,15-18H,1H3/t12?,15-,16-/m1/s1. The molecule has 0 heterocycles. The minimum absolute atomic E-state index is 0.311. The summed E-state index contributed by atoms with van der Waals surface area (Å²) in [4.78, 5) is 0. The molecule has 0 saturated carbocycles. The fourth-order valence-electron chi connectivity index (χ4n) is 2.26. The summed E-state index contributed by atoms with van der Waals surface area (Å²) in [6, 6.07) is 19.1. The van der Waals surface area contributed by atoms with Crippen molar-refractivity contribution in [2.24, 2.45) is 0 Å². The van der Waals surface area contributed by atoms with Crippen molar-refractivity contribution in [3.05, 3.63) is 71.8 Å². The number of aliphatic hydroxyl groups excluding tert-OH is 2. The zero-order valence-electron chi connectivity index (χ0n) is 10.4.